The Morgan fingerprint density at radius 3 is 1.92 bits per heavy atom. The molecule has 2 N–H and O–H groups in total. The summed E-state index contributed by atoms with van der Waals surface area (Å²) in [6.07, 6.45) is 8.16. The number of hydrogen-bond acceptors (Lipinski definition) is 7. The van der Waals surface area contributed by atoms with Crippen molar-refractivity contribution in [2.45, 2.75) is 144 Å². The zero-order chi connectivity index (χ0) is 36.9. The molecule has 2 heterocycles. The van der Waals surface area contributed by atoms with Crippen molar-refractivity contribution in [3.8, 4) is 0 Å². The van der Waals surface area contributed by atoms with Crippen LogP contribution in [0.3, 0.4) is 0 Å². The molecule has 5 fully saturated rings. The van der Waals surface area contributed by atoms with Crippen LogP contribution < -0.4 is 5.73 Å². The second-order valence-corrected chi connectivity index (χ2v) is 18.8. The normalized spacial score (nSPS) is 31.0. The van der Waals surface area contributed by atoms with E-state index in [2.05, 4.69) is 58.4 Å². The fourth-order valence-electron chi connectivity index (χ4n) is 11.1. The van der Waals surface area contributed by atoms with E-state index in [0.29, 0.717) is 49.7 Å². The molecule has 0 bridgehead atoms. The first kappa shape index (κ1) is 39.1. The smallest absolute Gasteiger partial charge is 0.285 e. The molecule has 5 aliphatic rings. The molecule has 2 saturated heterocycles. The monoisotopic (exact) mass is 697 g/mol. The van der Waals surface area contributed by atoms with E-state index >= 15 is 0 Å². The van der Waals surface area contributed by atoms with Gasteiger partial charge in [-0.3, -0.25) is 33.8 Å². The highest BCUT2D eigenvalue weighted by atomic mass is 16.2. The van der Waals surface area contributed by atoms with Crippen molar-refractivity contribution in [2.24, 2.45) is 57.5 Å². The average molecular weight is 697 g/mol. The summed E-state index contributed by atoms with van der Waals surface area (Å²) in [7, 11) is 2.18. The Morgan fingerprint density at radius 2 is 1.46 bits per heavy atom. The van der Waals surface area contributed by atoms with Crippen molar-refractivity contribution >= 4 is 29.2 Å². The highest BCUT2D eigenvalue weighted by molar-refractivity contribution is 6.36. The minimum Gasteiger partial charge on any atom is -0.363 e. The van der Waals surface area contributed by atoms with Gasteiger partial charge in [0.1, 0.15) is 5.78 Å². The zero-order valence-electron chi connectivity index (χ0n) is 32.8. The number of fused-ring (bicyclic) bond motifs is 1. The SMILES string of the molecule is CC(C)[C@H](CC(=O)C[C@H](C(=O)N1C[C@]2(C[C@H]1C(=O)CC(CC1CCC1)C(=O)C(N)=O)C(C)(C)C21CCC1)C(C)C)CN1C[C@@H](C)N(C)[C@@H](C)C1. The molecule has 0 aromatic heterocycles. The minimum absolute atomic E-state index is 0.00602. The lowest BCUT2D eigenvalue weighted by Gasteiger charge is -2.44. The number of primary amides is 1. The van der Waals surface area contributed by atoms with Crippen molar-refractivity contribution in [3.63, 3.8) is 0 Å². The van der Waals surface area contributed by atoms with E-state index in [1.807, 2.05) is 18.7 Å². The molecule has 1 unspecified atom stereocenters. The number of nitrogens with two attached hydrogens (primary N) is 1. The fraction of sp³-hybridized carbons (Fsp3) is 0.878. The number of piperazine rings is 1. The minimum atomic E-state index is -0.982. The summed E-state index contributed by atoms with van der Waals surface area (Å²) in [5, 5.41) is 0. The number of likely N-dealkylation sites (tertiary alicyclic amines) is 1. The van der Waals surface area contributed by atoms with Gasteiger partial charge in [-0.2, -0.15) is 0 Å². The first-order valence-corrected chi connectivity index (χ1v) is 20.0. The molecule has 5 rings (SSSR count). The maximum absolute atomic E-state index is 14.7. The number of hydrogen-bond donors (Lipinski definition) is 1. The molecule has 2 aliphatic heterocycles. The van der Waals surface area contributed by atoms with Crippen LogP contribution in [0, 0.1) is 51.8 Å². The number of ketones is 3. The van der Waals surface area contributed by atoms with Crippen LogP contribution >= 0.6 is 0 Å². The molecular weight excluding hydrogens is 628 g/mol. The Morgan fingerprint density at radius 1 is 0.840 bits per heavy atom. The average Bonchev–Trinajstić information content (AvgIpc) is 3.21. The predicted octanol–water partition coefficient (Wildman–Crippen LogP) is 5.52. The van der Waals surface area contributed by atoms with E-state index in [9.17, 15) is 24.0 Å². The number of rotatable bonds is 16. The predicted molar refractivity (Wildman–Crippen MR) is 196 cm³/mol. The Bertz CT molecular complexity index is 1310. The van der Waals surface area contributed by atoms with Crippen LogP contribution in [-0.2, 0) is 24.0 Å². The molecule has 3 saturated carbocycles. The molecule has 3 aliphatic carbocycles. The number of Topliss-reactive ketones (excluding diaryl/α,β-unsaturated/α-hetero) is 3. The van der Waals surface area contributed by atoms with Crippen molar-refractivity contribution in [1.29, 1.82) is 0 Å². The van der Waals surface area contributed by atoms with Crippen LogP contribution in [-0.4, -0.2) is 95.2 Å². The lowest BCUT2D eigenvalue weighted by atomic mass is 9.73. The summed E-state index contributed by atoms with van der Waals surface area (Å²) in [6, 6.07) is 0.275. The standard InChI is InChI=1S/C41H68N4O5/c1-25(2)31(23-44-21-27(5)43(9)28(6)22-44)17-32(46)19-33(26(3)4)38(50)45-24-41(39(7,8)40(41)14-11-15-40)20-34(45)35(47)18-30(36(48)37(42)49)16-29-12-10-13-29/h25-31,33-34H,10-24H2,1-9H3,(H2,42,49)/t27-,28+,30?,31-,33+,34+,41-/m1/s1. The van der Waals surface area contributed by atoms with Gasteiger partial charge < -0.3 is 10.6 Å². The molecule has 282 valence electrons. The summed E-state index contributed by atoms with van der Waals surface area (Å²) in [5.41, 5.74) is 5.46. The summed E-state index contributed by atoms with van der Waals surface area (Å²) < 4.78 is 0. The summed E-state index contributed by atoms with van der Waals surface area (Å²) >= 11 is 0. The van der Waals surface area contributed by atoms with Crippen LogP contribution in [0.15, 0.2) is 0 Å². The summed E-state index contributed by atoms with van der Waals surface area (Å²) in [5.74, 6) is -2.18. The summed E-state index contributed by atoms with van der Waals surface area (Å²) in [6.45, 7) is 20.9. The molecule has 0 radical (unpaired) electrons. The molecule has 2 spiro atoms. The van der Waals surface area contributed by atoms with Gasteiger partial charge in [0, 0.05) is 74.8 Å². The molecular formula is C41H68N4O5. The quantitative estimate of drug-likeness (QED) is 0.211. The van der Waals surface area contributed by atoms with Gasteiger partial charge in [-0.05, 0) is 81.1 Å². The van der Waals surface area contributed by atoms with Crippen molar-refractivity contribution in [2.75, 3.05) is 33.2 Å². The van der Waals surface area contributed by atoms with E-state index < -0.39 is 29.6 Å². The second kappa shape index (κ2) is 14.7. The highest BCUT2D eigenvalue weighted by Gasteiger charge is 2.85. The lowest BCUT2D eigenvalue weighted by Crippen LogP contribution is -2.56. The Balaban J connectivity index is 1.33. The fourth-order valence-corrected chi connectivity index (χ4v) is 11.1. The van der Waals surface area contributed by atoms with E-state index in [1.165, 1.54) is 6.42 Å². The van der Waals surface area contributed by atoms with E-state index in [1.54, 1.807) is 0 Å². The number of likely N-dealkylation sites (N-methyl/N-ethyl adjacent to an activating group) is 1. The van der Waals surface area contributed by atoms with Crippen LogP contribution in [0.1, 0.15) is 126 Å². The Labute approximate surface area is 302 Å². The van der Waals surface area contributed by atoms with Crippen LogP contribution in [0.25, 0.3) is 0 Å². The number of nitrogens with zero attached hydrogens (tertiary/aromatic N) is 3. The van der Waals surface area contributed by atoms with Gasteiger partial charge in [0.15, 0.2) is 5.78 Å². The number of carbonyl (C=O) groups is 5. The molecule has 7 atom stereocenters. The van der Waals surface area contributed by atoms with Gasteiger partial charge >= 0.3 is 0 Å². The van der Waals surface area contributed by atoms with Crippen molar-refractivity contribution in [3.05, 3.63) is 0 Å². The maximum atomic E-state index is 14.7. The third-order valence-electron chi connectivity index (χ3n) is 15.3. The second-order valence-electron chi connectivity index (χ2n) is 18.8. The third-order valence-corrected chi connectivity index (χ3v) is 15.3. The topological polar surface area (TPSA) is 121 Å². The van der Waals surface area contributed by atoms with E-state index in [4.69, 9.17) is 5.73 Å². The van der Waals surface area contributed by atoms with Gasteiger partial charge in [-0.25, -0.2) is 0 Å². The lowest BCUT2D eigenvalue weighted by molar-refractivity contribution is -0.145. The van der Waals surface area contributed by atoms with Crippen LogP contribution in [0.2, 0.25) is 0 Å². The maximum Gasteiger partial charge on any atom is 0.285 e. The van der Waals surface area contributed by atoms with Gasteiger partial charge in [0.05, 0.1) is 6.04 Å². The van der Waals surface area contributed by atoms with E-state index in [-0.39, 0.29) is 58.4 Å². The van der Waals surface area contributed by atoms with Crippen LogP contribution in [0.4, 0.5) is 0 Å². The first-order valence-electron chi connectivity index (χ1n) is 20.0. The zero-order valence-corrected chi connectivity index (χ0v) is 32.8. The molecule has 2 amide bonds. The van der Waals surface area contributed by atoms with Crippen molar-refractivity contribution < 1.29 is 24.0 Å². The van der Waals surface area contributed by atoms with Crippen molar-refractivity contribution in [1.82, 2.24) is 14.7 Å². The van der Waals surface area contributed by atoms with Gasteiger partial charge in [0.2, 0.25) is 11.7 Å². The largest absolute Gasteiger partial charge is 0.363 e. The van der Waals surface area contributed by atoms with Gasteiger partial charge in [-0.15, -0.1) is 0 Å². The molecule has 0 aromatic carbocycles. The molecule has 0 aromatic rings. The molecule has 50 heavy (non-hydrogen) atoms. The number of carbonyl (C=O) groups excluding carboxylic acids is 5. The number of amides is 2. The first-order chi connectivity index (χ1) is 23.4. The Hall–Kier alpha value is -2.13. The highest BCUT2D eigenvalue weighted by Crippen LogP contribution is 2.88. The van der Waals surface area contributed by atoms with Gasteiger partial charge in [-0.1, -0.05) is 67.2 Å². The third kappa shape index (κ3) is 7.00. The molecule has 9 nitrogen and oxygen atoms in total. The van der Waals surface area contributed by atoms with E-state index in [0.717, 1.165) is 51.7 Å². The summed E-state index contributed by atoms with van der Waals surface area (Å²) in [4.78, 5) is 74.8. The van der Waals surface area contributed by atoms with Crippen LogP contribution in [0.5, 0.6) is 0 Å². The Kier molecular flexibility index (Phi) is 11.5. The molecule has 9 heteroatoms. The van der Waals surface area contributed by atoms with Gasteiger partial charge in [0.25, 0.3) is 5.91 Å².